The monoisotopic (exact) mass is 524 g/mol. The van der Waals surface area contributed by atoms with Gasteiger partial charge in [-0.15, -0.1) is 0 Å². The lowest BCUT2D eigenvalue weighted by Gasteiger charge is -2.38. The number of anilines is 1. The van der Waals surface area contributed by atoms with Gasteiger partial charge in [0.2, 0.25) is 0 Å². The van der Waals surface area contributed by atoms with Gasteiger partial charge in [0.25, 0.3) is 0 Å². The van der Waals surface area contributed by atoms with Crippen molar-refractivity contribution in [2.45, 2.75) is 25.5 Å². The van der Waals surface area contributed by atoms with Gasteiger partial charge in [0.15, 0.2) is 6.23 Å². The second-order valence-electron chi connectivity index (χ2n) is 9.53. The third-order valence-electron chi connectivity index (χ3n) is 7.33. The van der Waals surface area contributed by atoms with Gasteiger partial charge in [0, 0.05) is 54.8 Å². The van der Waals surface area contributed by atoms with Crippen molar-refractivity contribution < 1.29 is 9.47 Å². The summed E-state index contributed by atoms with van der Waals surface area (Å²) in [6.45, 7) is 3.81. The van der Waals surface area contributed by atoms with Crippen LogP contribution in [0.4, 0.5) is 5.82 Å². The molecule has 186 valence electrons. The summed E-state index contributed by atoms with van der Waals surface area (Å²) in [6, 6.07) is 9.77. The van der Waals surface area contributed by atoms with Crippen molar-refractivity contribution in [2.24, 2.45) is 11.1 Å². The average molecular weight is 525 g/mol. The molecule has 6 rings (SSSR count). The minimum Gasteiger partial charge on any atom is -0.471 e. The van der Waals surface area contributed by atoms with E-state index in [0.29, 0.717) is 26.8 Å². The van der Waals surface area contributed by atoms with Crippen LogP contribution in [0.3, 0.4) is 0 Å². The molecule has 2 fully saturated rings. The highest BCUT2D eigenvalue weighted by Gasteiger charge is 2.38. The van der Waals surface area contributed by atoms with Crippen LogP contribution in [-0.4, -0.2) is 46.5 Å². The molecule has 1 aromatic carbocycles. The van der Waals surface area contributed by atoms with Gasteiger partial charge in [-0.05, 0) is 55.0 Å². The van der Waals surface area contributed by atoms with Crippen LogP contribution < -0.4 is 15.4 Å². The first-order valence-electron chi connectivity index (χ1n) is 12.0. The van der Waals surface area contributed by atoms with Crippen LogP contribution in [0.1, 0.15) is 31.1 Å². The minimum atomic E-state index is -0.846. The second kappa shape index (κ2) is 9.52. The number of pyridine rings is 2. The minimum absolute atomic E-state index is 0.353. The van der Waals surface area contributed by atoms with Crippen LogP contribution in [0.2, 0.25) is 10.0 Å². The van der Waals surface area contributed by atoms with Crippen molar-refractivity contribution in [1.82, 2.24) is 20.2 Å². The molecule has 3 aromatic heterocycles. The smallest absolute Gasteiger partial charge is 0.177 e. The van der Waals surface area contributed by atoms with Crippen molar-refractivity contribution in [3.05, 3.63) is 64.5 Å². The van der Waals surface area contributed by atoms with E-state index >= 15 is 0 Å². The van der Waals surface area contributed by atoms with Gasteiger partial charge in [0.05, 0.1) is 22.2 Å². The number of halogens is 2. The Bertz CT molecular complexity index is 1360. The van der Waals surface area contributed by atoms with Crippen molar-refractivity contribution in [1.29, 1.82) is 0 Å². The Hall–Kier alpha value is -2.91. The molecule has 1 atom stereocenters. The van der Waals surface area contributed by atoms with E-state index in [0.717, 1.165) is 67.1 Å². The zero-order chi connectivity index (χ0) is 24.7. The fourth-order valence-electron chi connectivity index (χ4n) is 5.15. The SMILES string of the molecule is N[C@@H](Oc1ccc2[nH]nc(-c3ccc(N4CCC5(CCOC5)CC4)nc3)c2c1)c1c(Cl)cncc1Cl. The van der Waals surface area contributed by atoms with E-state index in [9.17, 15) is 0 Å². The molecule has 0 aliphatic carbocycles. The van der Waals surface area contributed by atoms with Gasteiger partial charge in [-0.1, -0.05) is 23.2 Å². The lowest BCUT2D eigenvalue weighted by atomic mass is 9.78. The molecule has 36 heavy (non-hydrogen) atoms. The summed E-state index contributed by atoms with van der Waals surface area (Å²) >= 11 is 12.5. The normalized spacial score (nSPS) is 18.1. The van der Waals surface area contributed by atoms with E-state index < -0.39 is 6.23 Å². The van der Waals surface area contributed by atoms with E-state index in [4.69, 9.17) is 43.4 Å². The van der Waals surface area contributed by atoms with Crippen LogP contribution in [0.15, 0.2) is 48.9 Å². The first-order valence-corrected chi connectivity index (χ1v) is 12.8. The van der Waals surface area contributed by atoms with Crippen LogP contribution in [0.5, 0.6) is 5.75 Å². The summed E-state index contributed by atoms with van der Waals surface area (Å²) in [5.74, 6) is 1.57. The molecule has 0 amide bonds. The Morgan fingerprint density at radius 2 is 1.86 bits per heavy atom. The molecular formula is C26H26Cl2N6O2. The fraction of sp³-hybridized carbons (Fsp3) is 0.346. The number of hydrogen-bond donors (Lipinski definition) is 2. The predicted octanol–water partition coefficient (Wildman–Crippen LogP) is 5.37. The molecule has 2 aliphatic heterocycles. The molecule has 2 saturated heterocycles. The molecule has 0 unspecified atom stereocenters. The number of ether oxygens (including phenoxy) is 2. The highest BCUT2D eigenvalue weighted by molar-refractivity contribution is 6.35. The molecule has 4 aromatic rings. The standard InChI is InChI=1S/C26H26Cl2N6O2/c27-19-13-30-14-20(28)23(19)25(29)36-17-2-3-21-18(11-17)24(33-32-21)16-1-4-22(31-12-16)34-8-5-26(6-9-34)7-10-35-15-26/h1-4,11-14,25H,5-10,15,29H2,(H,32,33)/t25-/m0/s1. The zero-order valence-electron chi connectivity index (χ0n) is 19.6. The number of piperidine rings is 1. The van der Waals surface area contributed by atoms with Gasteiger partial charge < -0.3 is 14.4 Å². The number of H-pyrrole nitrogens is 1. The molecule has 5 heterocycles. The van der Waals surface area contributed by atoms with E-state index in [1.807, 2.05) is 24.4 Å². The molecule has 0 bridgehead atoms. The molecule has 0 radical (unpaired) electrons. The number of aromatic amines is 1. The highest BCUT2D eigenvalue weighted by atomic mass is 35.5. The van der Waals surface area contributed by atoms with Crippen molar-refractivity contribution >= 4 is 39.9 Å². The van der Waals surface area contributed by atoms with Crippen LogP contribution in [0, 0.1) is 5.41 Å². The Morgan fingerprint density at radius 3 is 2.56 bits per heavy atom. The summed E-state index contributed by atoms with van der Waals surface area (Å²) in [7, 11) is 0. The quantitative estimate of drug-likeness (QED) is 0.338. The van der Waals surface area contributed by atoms with E-state index in [1.54, 1.807) is 0 Å². The van der Waals surface area contributed by atoms with Crippen molar-refractivity contribution in [3.63, 3.8) is 0 Å². The third-order valence-corrected chi connectivity index (χ3v) is 7.93. The highest BCUT2D eigenvalue weighted by Crippen LogP contribution is 2.40. The third kappa shape index (κ3) is 4.39. The van der Waals surface area contributed by atoms with Gasteiger partial charge in [0.1, 0.15) is 17.3 Å². The summed E-state index contributed by atoms with van der Waals surface area (Å²) in [4.78, 5) is 11.1. The Labute approximate surface area is 218 Å². The Balaban J connectivity index is 1.21. The van der Waals surface area contributed by atoms with Gasteiger partial charge in [-0.3, -0.25) is 15.8 Å². The maximum atomic E-state index is 6.26. The van der Waals surface area contributed by atoms with E-state index in [2.05, 4.69) is 32.2 Å². The molecule has 8 nitrogen and oxygen atoms in total. The maximum Gasteiger partial charge on any atom is 0.177 e. The fourth-order valence-corrected chi connectivity index (χ4v) is 5.73. The van der Waals surface area contributed by atoms with Gasteiger partial charge in [-0.2, -0.15) is 5.10 Å². The number of benzene rings is 1. The molecular weight excluding hydrogens is 499 g/mol. The number of nitrogens with two attached hydrogens (primary N) is 1. The predicted molar refractivity (Wildman–Crippen MR) is 140 cm³/mol. The molecule has 3 N–H and O–H groups in total. The number of nitrogens with zero attached hydrogens (tertiary/aromatic N) is 4. The van der Waals surface area contributed by atoms with Crippen LogP contribution in [-0.2, 0) is 4.74 Å². The van der Waals surface area contributed by atoms with Gasteiger partial charge in [-0.25, -0.2) is 4.98 Å². The van der Waals surface area contributed by atoms with E-state index in [-0.39, 0.29) is 0 Å². The largest absolute Gasteiger partial charge is 0.471 e. The number of aromatic nitrogens is 4. The maximum absolute atomic E-state index is 6.26. The molecule has 10 heteroatoms. The first-order chi connectivity index (χ1) is 17.5. The van der Waals surface area contributed by atoms with Gasteiger partial charge >= 0.3 is 0 Å². The average Bonchev–Trinajstić information content (AvgIpc) is 3.52. The topological polar surface area (TPSA) is 102 Å². The first kappa shape index (κ1) is 23.5. The van der Waals surface area contributed by atoms with E-state index in [1.165, 1.54) is 18.8 Å². The van der Waals surface area contributed by atoms with Crippen LogP contribution >= 0.6 is 23.2 Å². The summed E-state index contributed by atoms with van der Waals surface area (Å²) in [6.07, 6.45) is 7.50. The summed E-state index contributed by atoms with van der Waals surface area (Å²) in [5.41, 5.74) is 9.73. The summed E-state index contributed by atoms with van der Waals surface area (Å²) in [5, 5.41) is 9.23. The van der Waals surface area contributed by atoms with Crippen LogP contribution in [0.25, 0.3) is 22.2 Å². The number of rotatable bonds is 5. The lowest BCUT2D eigenvalue weighted by Crippen LogP contribution is -2.40. The second-order valence-corrected chi connectivity index (χ2v) is 10.3. The number of nitrogens with one attached hydrogen (secondary N) is 1. The zero-order valence-corrected chi connectivity index (χ0v) is 21.1. The molecule has 2 aliphatic rings. The Kier molecular flexibility index (Phi) is 6.21. The Morgan fingerprint density at radius 1 is 1.06 bits per heavy atom. The number of fused-ring (bicyclic) bond motifs is 1. The summed E-state index contributed by atoms with van der Waals surface area (Å²) < 4.78 is 11.6. The molecule has 1 spiro atoms. The number of hydrogen-bond acceptors (Lipinski definition) is 7. The lowest BCUT2D eigenvalue weighted by molar-refractivity contribution is 0.133. The molecule has 0 saturated carbocycles. The van der Waals surface area contributed by atoms with Crippen molar-refractivity contribution in [2.75, 3.05) is 31.2 Å². The van der Waals surface area contributed by atoms with Crippen molar-refractivity contribution in [3.8, 4) is 17.0 Å².